The second-order valence-electron chi connectivity index (χ2n) is 5.36. The van der Waals surface area contributed by atoms with Crippen LogP contribution in [-0.2, 0) is 17.1 Å². The van der Waals surface area contributed by atoms with Crippen LogP contribution in [0, 0.1) is 17.2 Å². The Labute approximate surface area is 127 Å². The zero-order valence-corrected chi connectivity index (χ0v) is 12.8. The molecule has 1 aromatic heterocycles. The zero-order valence-electron chi connectivity index (χ0n) is 12.0. The van der Waals surface area contributed by atoms with Gasteiger partial charge in [-0.25, -0.2) is 13.2 Å². The van der Waals surface area contributed by atoms with Crippen molar-refractivity contribution < 1.29 is 12.8 Å². The highest BCUT2D eigenvalue weighted by Gasteiger charge is 2.29. The highest BCUT2D eigenvalue weighted by atomic mass is 32.2. The van der Waals surface area contributed by atoms with Crippen LogP contribution in [0.15, 0.2) is 32.3 Å². The van der Waals surface area contributed by atoms with Gasteiger partial charge in [-0.05, 0) is 25.0 Å². The first kappa shape index (κ1) is 14.8. The molecule has 0 saturated carbocycles. The van der Waals surface area contributed by atoms with E-state index in [1.807, 2.05) is 0 Å². The van der Waals surface area contributed by atoms with Crippen molar-refractivity contribution >= 4 is 21.1 Å². The van der Waals surface area contributed by atoms with Gasteiger partial charge in [-0.2, -0.15) is 9.57 Å². The van der Waals surface area contributed by atoms with Crippen LogP contribution < -0.4 is 5.76 Å². The van der Waals surface area contributed by atoms with Crippen LogP contribution in [-0.4, -0.2) is 30.4 Å². The summed E-state index contributed by atoms with van der Waals surface area (Å²) in [5.74, 6) is -0.611. The van der Waals surface area contributed by atoms with E-state index in [-0.39, 0.29) is 16.4 Å². The third-order valence-electron chi connectivity index (χ3n) is 4.04. The Morgan fingerprint density at radius 2 is 2.00 bits per heavy atom. The molecule has 7 nitrogen and oxygen atoms in total. The Balaban J connectivity index is 1.96. The van der Waals surface area contributed by atoms with Crippen molar-refractivity contribution in [1.29, 1.82) is 5.26 Å². The standard InChI is InChI=1S/C14H15N3O4S/c1-16-12-3-2-11(8-13(12)21-14(16)18)22(19,20)17-6-4-10(9-15)5-7-17/h2-3,8,10H,4-7H2,1H3. The second-order valence-corrected chi connectivity index (χ2v) is 7.30. The summed E-state index contributed by atoms with van der Waals surface area (Å²) in [6, 6.07) is 6.59. The Morgan fingerprint density at radius 1 is 1.32 bits per heavy atom. The van der Waals surface area contributed by atoms with Gasteiger partial charge in [0, 0.05) is 32.1 Å². The van der Waals surface area contributed by atoms with Gasteiger partial charge in [0.25, 0.3) is 0 Å². The lowest BCUT2D eigenvalue weighted by molar-refractivity contribution is 0.310. The summed E-state index contributed by atoms with van der Waals surface area (Å²) >= 11 is 0. The van der Waals surface area contributed by atoms with E-state index in [0.29, 0.717) is 31.4 Å². The van der Waals surface area contributed by atoms with Gasteiger partial charge in [-0.15, -0.1) is 0 Å². The molecule has 116 valence electrons. The molecule has 0 bridgehead atoms. The fourth-order valence-electron chi connectivity index (χ4n) is 2.65. The molecule has 0 spiro atoms. The highest BCUT2D eigenvalue weighted by Crippen LogP contribution is 2.25. The van der Waals surface area contributed by atoms with Crippen molar-refractivity contribution in [2.24, 2.45) is 13.0 Å². The summed E-state index contributed by atoms with van der Waals surface area (Å²) in [4.78, 5) is 11.6. The smallest absolute Gasteiger partial charge is 0.408 e. The molecule has 0 amide bonds. The van der Waals surface area contributed by atoms with Crippen LogP contribution in [0.5, 0.6) is 0 Å². The molecule has 1 aliphatic rings. The number of benzene rings is 1. The molecule has 1 aliphatic heterocycles. The fourth-order valence-corrected chi connectivity index (χ4v) is 4.13. The van der Waals surface area contributed by atoms with E-state index in [9.17, 15) is 13.2 Å². The van der Waals surface area contributed by atoms with Gasteiger partial charge in [0.2, 0.25) is 10.0 Å². The number of hydrogen-bond acceptors (Lipinski definition) is 5. The highest BCUT2D eigenvalue weighted by molar-refractivity contribution is 7.89. The third-order valence-corrected chi connectivity index (χ3v) is 5.93. The molecule has 0 N–H and O–H groups in total. The molecular weight excluding hydrogens is 306 g/mol. The van der Waals surface area contributed by atoms with Crippen LogP contribution in [0.2, 0.25) is 0 Å². The van der Waals surface area contributed by atoms with Crippen molar-refractivity contribution in [2.45, 2.75) is 17.7 Å². The lowest BCUT2D eigenvalue weighted by Gasteiger charge is -2.28. The summed E-state index contributed by atoms with van der Waals surface area (Å²) in [6.07, 6.45) is 1.08. The first-order valence-corrected chi connectivity index (χ1v) is 8.37. The Hall–Kier alpha value is -2.11. The van der Waals surface area contributed by atoms with Crippen molar-refractivity contribution in [2.75, 3.05) is 13.1 Å². The van der Waals surface area contributed by atoms with Crippen LogP contribution >= 0.6 is 0 Å². The molecule has 22 heavy (non-hydrogen) atoms. The van der Waals surface area contributed by atoms with Crippen LogP contribution in [0.3, 0.4) is 0 Å². The van der Waals surface area contributed by atoms with Gasteiger partial charge >= 0.3 is 5.76 Å². The molecule has 0 unspecified atom stereocenters. The molecule has 2 heterocycles. The van der Waals surface area contributed by atoms with Crippen LogP contribution in [0.1, 0.15) is 12.8 Å². The SMILES string of the molecule is Cn1c(=O)oc2cc(S(=O)(=O)N3CCC(C#N)CC3)ccc21. The third kappa shape index (κ3) is 2.32. The average Bonchev–Trinajstić information content (AvgIpc) is 2.81. The summed E-state index contributed by atoms with van der Waals surface area (Å²) in [6.45, 7) is 0.661. The van der Waals surface area contributed by atoms with E-state index in [2.05, 4.69) is 6.07 Å². The number of hydrogen-bond donors (Lipinski definition) is 0. The number of nitrogens with zero attached hydrogens (tertiary/aromatic N) is 3. The lowest BCUT2D eigenvalue weighted by Crippen LogP contribution is -2.38. The largest absolute Gasteiger partial charge is 0.419 e. The van der Waals surface area contributed by atoms with Gasteiger partial charge < -0.3 is 4.42 Å². The average molecular weight is 321 g/mol. The van der Waals surface area contributed by atoms with E-state index < -0.39 is 15.8 Å². The van der Waals surface area contributed by atoms with Gasteiger partial charge in [-0.1, -0.05) is 0 Å². The number of aromatic nitrogens is 1. The maximum absolute atomic E-state index is 12.6. The van der Waals surface area contributed by atoms with Gasteiger partial charge in [0.15, 0.2) is 5.58 Å². The van der Waals surface area contributed by atoms with Crippen molar-refractivity contribution in [1.82, 2.24) is 8.87 Å². The topological polar surface area (TPSA) is 96.3 Å². The molecule has 1 fully saturated rings. The van der Waals surface area contributed by atoms with Crippen molar-refractivity contribution in [3.63, 3.8) is 0 Å². The Kier molecular flexibility index (Phi) is 3.54. The number of oxazole rings is 1. The Morgan fingerprint density at radius 3 is 2.64 bits per heavy atom. The molecule has 0 radical (unpaired) electrons. The number of nitriles is 1. The maximum Gasteiger partial charge on any atom is 0.419 e. The molecular formula is C14H15N3O4S. The van der Waals surface area contributed by atoms with Gasteiger partial charge in [-0.3, -0.25) is 4.57 Å². The fraction of sp³-hybridized carbons (Fsp3) is 0.429. The minimum absolute atomic E-state index is 0.0823. The summed E-state index contributed by atoms with van der Waals surface area (Å²) in [7, 11) is -2.07. The quantitative estimate of drug-likeness (QED) is 0.824. The minimum atomic E-state index is -3.64. The molecule has 0 aliphatic carbocycles. The van der Waals surface area contributed by atoms with Gasteiger partial charge in [0.05, 0.1) is 16.5 Å². The van der Waals surface area contributed by atoms with E-state index in [1.165, 1.54) is 21.0 Å². The minimum Gasteiger partial charge on any atom is -0.408 e. The first-order valence-electron chi connectivity index (χ1n) is 6.93. The van der Waals surface area contributed by atoms with Crippen LogP contribution in [0.25, 0.3) is 11.1 Å². The van der Waals surface area contributed by atoms with Crippen LogP contribution in [0.4, 0.5) is 0 Å². The molecule has 0 atom stereocenters. The predicted molar refractivity (Wildman–Crippen MR) is 78.6 cm³/mol. The molecule has 8 heteroatoms. The summed E-state index contributed by atoms with van der Waals surface area (Å²) < 4.78 is 33.0. The van der Waals surface area contributed by atoms with Gasteiger partial charge in [0.1, 0.15) is 0 Å². The van der Waals surface area contributed by atoms with E-state index in [1.54, 1.807) is 13.1 Å². The van der Waals surface area contributed by atoms with E-state index in [0.717, 1.165) is 0 Å². The lowest BCUT2D eigenvalue weighted by atomic mass is 10.0. The van der Waals surface area contributed by atoms with E-state index in [4.69, 9.17) is 9.68 Å². The predicted octanol–water partition coefficient (Wildman–Crippen LogP) is 1.06. The molecule has 1 aromatic carbocycles. The number of rotatable bonds is 2. The summed E-state index contributed by atoms with van der Waals surface area (Å²) in [5.41, 5.74) is 0.799. The molecule has 3 rings (SSSR count). The van der Waals surface area contributed by atoms with Crippen molar-refractivity contribution in [3.8, 4) is 6.07 Å². The number of sulfonamides is 1. The molecule has 2 aromatic rings. The summed E-state index contributed by atoms with van der Waals surface area (Å²) in [5, 5.41) is 8.88. The van der Waals surface area contributed by atoms with E-state index >= 15 is 0 Å². The second kappa shape index (κ2) is 5.26. The number of fused-ring (bicyclic) bond motifs is 1. The number of piperidine rings is 1. The Bertz CT molecular complexity index is 912. The zero-order chi connectivity index (χ0) is 15.9. The monoisotopic (exact) mass is 321 g/mol. The maximum atomic E-state index is 12.6. The normalized spacial score (nSPS) is 17.6. The molecule has 1 saturated heterocycles. The van der Waals surface area contributed by atoms with Crippen molar-refractivity contribution in [3.05, 3.63) is 28.7 Å². The number of aryl methyl sites for hydroxylation is 1. The first-order chi connectivity index (χ1) is 10.4.